The molecule has 1 saturated heterocycles. The molecule has 1 fully saturated rings. The summed E-state index contributed by atoms with van der Waals surface area (Å²) in [7, 11) is 0. The van der Waals surface area contributed by atoms with E-state index in [-0.39, 0.29) is 11.6 Å². The van der Waals surface area contributed by atoms with Crippen LogP contribution in [0.15, 0.2) is 24.3 Å². The van der Waals surface area contributed by atoms with Gasteiger partial charge >= 0.3 is 6.03 Å². The molecule has 0 atom stereocenters. The third kappa shape index (κ3) is 3.94. The largest absolute Gasteiger partial charge is 0.381 e. The van der Waals surface area contributed by atoms with Crippen LogP contribution in [0.25, 0.3) is 0 Å². The number of rotatable bonds is 3. The molecule has 19 heavy (non-hydrogen) atoms. The van der Waals surface area contributed by atoms with Gasteiger partial charge in [0.2, 0.25) is 0 Å². The first kappa shape index (κ1) is 13.8. The first-order chi connectivity index (χ1) is 9.11. The molecule has 0 saturated carbocycles. The number of ether oxygens (including phenoxy) is 1. The molecule has 1 aromatic carbocycles. The van der Waals surface area contributed by atoms with Gasteiger partial charge in [0.05, 0.1) is 0 Å². The fourth-order valence-corrected chi connectivity index (χ4v) is 2.16. The molecule has 1 aliphatic rings. The highest BCUT2D eigenvalue weighted by atomic mass is 16.5. The lowest BCUT2D eigenvalue weighted by molar-refractivity contribution is 0.0500. The van der Waals surface area contributed by atoms with E-state index in [9.17, 15) is 4.79 Å². The highest BCUT2D eigenvalue weighted by Crippen LogP contribution is 2.20. The lowest BCUT2D eigenvalue weighted by Crippen LogP contribution is -2.51. The van der Waals surface area contributed by atoms with Gasteiger partial charge in [-0.1, -0.05) is 12.1 Å². The number of hydrogen-bond acceptors (Lipinski definition) is 3. The standard InChI is InChI=1S/C14H21N3O2/c1-14(5-7-19-8-6-14)17-13(18)16-12-4-2-3-11(9-12)10-15/h2-4,9H,5-8,10,15H2,1H3,(H2,16,17,18). The summed E-state index contributed by atoms with van der Waals surface area (Å²) in [5.41, 5.74) is 7.15. The molecule has 1 aliphatic heterocycles. The summed E-state index contributed by atoms with van der Waals surface area (Å²) in [4.78, 5) is 12.0. The van der Waals surface area contributed by atoms with Gasteiger partial charge in [0.25, 0.3) is 0 Å². The molecule has 5 nitrogen and oxygen atoms in total. The number of nitrogens with one attached hydrogen (secondary N) is 2. The Hall–Kier alpha value is -1.59. The topological polar surface area (TPSA) is 76.4 Å². The van der Waals surface area contributed by atoms with Gasteiger partial charge < -0.3 is 21.1 Å². The summed E-state index contributed by atoms with van der Waals surface area (Å²) in [6.45, 7) is 3.90. The number of carbonyl (C=O) groups excluding carboxylic acids is 1. The summed E-state index contributed by atoms with van der Waals surface area (Å²) in [6.07, 6.45) is 1.67. The molecule has 0 aromatic heterocycles. The van der Waals surface area contributed by atoms with Gasteiger partial charge in [0.1, 0.15) is 0 Å². The summed E-state index contributed by atoms with van der Waals surface area (Å²) >= 11 is 0. The van der Waals surface area contributed by atoms with Crippen LogP contribution in [-0.4, -0.2) is 24.8 Å². The Morgan fingerprint density at radius 2 is 2.16 bits per heavy atom. The van der Waals surface area contributed by atoms with E-state index >= 15 is 0 Å². The fraction of sp³-hybridized carbons (Fsp3) is 0.500. The minimum Gasteiger partial charge on any atom is -0.381 e. The van der Waals surface area contributed by atoms with Crippen LogP contribution in [0, 0.1) is 0 Å². The van der Waals surface area contributed by atoms with Crippen molar-refractivity contribution in [2.45, 2.75) is 31.8 Å². The molecule has 0 spiro atoms. The zero-order valence-electron chi connectivity index (χ0n) is 11.2. The van der Waals surface area contributed by atoms with Crippen LogP contribution < -0.4 is 16.4 Å². The Morgan fingerprint density at radius 3 is 2.84 bits per heavy atom. The quantitative estimate of drug-likeness (QED) is 0.778. The van der Waals surface area contributed by atoms with Gasteiger partial charge in [-0.25, -0.2) is 4.79 Å². The van der Waals surface area contributed by atoms with Crippen molar-refractivity contribution in [1.82, 2.24) is 5.32 Å². The number of hydrogen-bond donors (Lipinski definition) is 3. The average Bonchev–Trinajstić information content (AvgIpc) is 2.39. The lowest BCUT2D eigenvalue weighted by Gasteiger charge is -2.34. The van der Waals surface area contributed by atoms with E-state index in [0.717, 1.165) is 24.1 Å². The van der Waals surface area contributed by atoms with Crippen LogP contribution in [0.4, 0.5) is 10.5 Å². The van der Waals surface area contributed by atoms with Gasteiger partial charge in [-0.15, -0.1) is 0 Å². The average molecular weight is 263 g/mol. The maximum Gasteiger partial charge on any atom is 0.319 e. The number of amides is 2. The third-order valence-corrected chi connectivity index (χ3v) is 3.43. The molecule has 2 rings (SSSR count). The summed E-state index contributed by atoms with van der Waals surface area (Å²) < 4.78 is 5.31. The molecule has 1 heterocycles. The zero-order valence-corrected chi connectivity index (χ0v) is 11.2. The van der Waals surface area contributed by atoms with Crippen molar-refractivity contribution in [1.29, 1.82) is 0 Å². The minimum absolute atomic E-state index is 0.182. The number of anilines is 1. The molecule has 0 bridgehead atoms. The second-order valence-corrected chi connectivity index (χ2v) is 5.16. The molecular formula is C14H21N3O2. The molecule has 0 aliphatic carbocycles. The van der Waals surface area contributed by atoms with E-state index in [1.807, 2.05) is 31.2 Å². The predicted molar refractivity (Wildman–Crippen MR) is 74.9 cm³/mol. The van der Waals surface area contributed by atoms with E-state index < -0.39 is 0 Å². The van der Waals surface area contributed by atoms with Crippen molar-refractivity contribution in [3.63, 3.8) is 0 Å². The fourth-order valence-electron chi connectivity index (χ4n) is 2.16. The molecule has 2 amide bonds. The van der Waals surface area contributed by atoms with Crippen LogP contribution in [-0.2, 0) is 11.3 Å². The molecule has 5 heteroatoms. The van der Waals surface area contributed by atoms with Gasteiger partial charge in [-0.2, -0.15) is 0 Å². The zero-order chi connectivity index (χ0) is 13.7. The monoisotopic (exact) mass is 263 g/mol. The van der Waals surface area contributed by atoms with Crippen molar-refractivity contribution in [2.75, 3.05) is 18.5 Å². The van der Waals surface area contributed by atoms with E-state index in [2.05, 4.69) is 10.6 Å². The first-order valence-corrected chi connectivity index (χ1v) is 6.57. The van der Waals surface area contributed by atoms with Crippen LogP contribution >= 0.6 is 0 Å². The number of benzene rings is 1. The van der Waals surface area contributed by atoms with Crippen molar-refractivity contribution in [3.8, 4) is 0 Å². The first-order valence-electron chi connectivity index (χ1n) is 6.57. The van der Waals surface area contributed by atoms with Crippen LogP contribution in [0.5, 0.6) is 0 Å². The van der Waals surface area contributed by atoms with Gasteiger partial charge in [0, 0.05) is 31.0 Å². The minimum atomic E-state index is -0.187. The second kappa shape index (κ2) is 6.04. The maximum atomic E-state index is 12.0. The van der Waals surface area contributed by atoms with Crippen molar-refractivity contribution in [3.05, 3.63) is 29.8 Å². The van der Waals surface area contributed by atoms with Crippen LogP contribution in [0.1, 0.15) is 25.3 Å². The highest BCUT2D eigenvalue weighted by Gasteiger charge is 2.28. The SMILES string of the molecule is CC1(NC(=O)Nc2cccc(CN)c2)CCOCC1. The molecule has 0 radical (unpaired) electrons. The molecule has 0 unspecified atom stereocenters. The Kier molecular flexibility index (Phi) is 4.39. The Bertz CT molecular complexity index is 442. The second-order valence-electron chi connectivity index (χ2n) is 5.16. The number of urea groups is 1. The predicted octanol–water partition coefficient (Wildman–Crippen LogP) is 1.84. The smallest absolute Gasteiger partial charge is 0.319 e. The van der Waals surface area contributed by atoms with Gasteiger partial charge in [-0.3, -0.25) is 0 Å². The van der Waals surface area contributed by atoms with Crippen molar-refractivity contribution in [2.24, 2.45) is 5.73 Å². The molecule has 4 N–H and O–H groups in total. The van der Waals surface area contributed by atoms with E-state index in [0.29, 0.717) is 19.8 Å². The molecule has 104 valence electrons. The summed E-state index contributed by atoms with van der Waals surface area (Å²) in [5.74, 6) is 0. The summed E-state index contributed by atoms with van der Waals surface area (Å²) in [6, 6.07) is 7.37. The Labute approximate surface area is 113 Å². The summed E-state index contributed by atoms with van der Waals surface area (Å²) in [5, 5.41) is 5.86. The van der Waals surface area contributed by atoms with E-state index in [1.165, 1.54) is 0 Å². The van der Waals surface area contributed by atoms with E-state index in [1.54, 1.807) is 0 Å². The van der Waals surface area contributed by atoms with Crippen LogP contribution in [0.2, 0.25) is 0 Å². The van der Waals surface area contributed by atoms with Crippen molar-refractivity contribution >= 4 is 11.7 Å². The van der Waals surface area contributed by atoms with Gasteiger partial charge in [0.15, 0.2) is 0 Å². The van der Waals surface area contributed by atoms with Crippen molar-refractivity contribution < 1.29 is 9.53 Å². The lowest BCUT2D eigenvalue weighted by atomic mass is 9.93. The van der Waals surface area contributed by atoms with Gasteiger partial charge in [-0.05, 0) is 37.5 Å². The Balaban J connectivity index is 1.93. The highest BCUT2D eigenvalue weighted by molar-refractivity contribution is 5.89. The molecular weight excluding hydrogens is 242 g/mol. The third-order valence-electron chi connectivity index (χ3n) is 3.43. The Morgan fingerprint density at radius 1 is 1.42 bits per heavy atom. The normalized spacial score (nSPS) is 17.8. The maximum absolute atomic E-state index is 12.0. The van der Waals surface area contributed by atoms with E-state index in [4.69, 9.17) is 10.5 Å². The molecule has 1 aromatic rings. The number of nitrogens with two attached hydrogens (primary N) is 1. The van der Waals surface area contributed by atoms with Crippen LogP contribution in [0.3, 0.4) is 0 Å². The number of carbonyl (C=O) groups is 1.